The van der Waals surface area contributed by atoms with Crippen molar-refractivity contribution < 1.29 is 23.5 Å². The molecule has 0 aliphatic carbocycles. The molecule has 0 amide bonds. The lowest BCUT2D eigenvalue weighted by Gasteiger charge is -2.01. The zero-order chi connectivity index (χ0) is 13.8. The van der Waals surface area contributed by atoms with E-state index < -0.39 is 5.97 Å². The first kappa shape index (κ1) is 13.1. The van der Waals surface area contributed by atoms with Crippen molar-refractivity contribution >= 4 is 22.7 Å². The van der Waals surface area contributed by atoms with Crippen molar-refractivity contribution in [1.29, 1.82) is 0 Å². The lowest BCUT2D eigenvalue weighted by atomic mass is 10.1. The Morgan fingerprint density at radius 2 is 2.11 bits per heavy atom. The molecular weight excluding hydrogens is 248 g/mol. The average Bonchev–Trinajstić information content (AvgIpc) is 2.78. The third kappa shape index (κ3) is 3.13. The highest BCUT2D eigenvalue weighted by molar-refractivity contribution is 5.87. The number of fused-ring (bicyclic) bond motifs is 1. The summed E-state index contributed by atoms with van der Waals surface area (Å²) in [5.74, 6) is 0.0522. The maximum atomic E-state index is 11.5. The van der Waals surface area contributed by atoms with Gasteiger partial charge in [0.05, 0.1) is 19.8 Å². The number of esters is 1. The number of carbonyl (C=O) groups is 2. The average molecular weight is 262 g/mol. The van der Waals surface area contributed by atoms with Crippen LogP contribution >= 0.6 is 0 Å². The summed E-state index contributed by atoms with van der Waals surface area (Å²) in [4.78, 5) is 22.3. The first-order valence-electron chi connectivity index (χ1n) is 5.79. The van der Waals surface area contributed by atoms with Gasteiger partial charge in [0.25, 0.3) is 0 Å². The van der Waals surface area contributed by atoms with Crippen molar-refractivity contribution in [1.82, 2.24) is 0 Å². The van der Waals surface area contributed by atoms with Gasteiger partial charge in [0.2, 0.25) is 0 Å². The molecule has 0 fully saturated rings. The maximum Gasteiger partial charge on any atom is 0.310 e. The fourth-order valence-electron chi connectivity index (χ4n) is 1.72. The molecule has 0 aliphatic rings. The molecule has 1 heterocycles. The normalized spacial score (nSPS) is 10.4. The topological polar surface area (TPSA) is 65.7 Å². The number of ketones is 1. The molecule has 5 nitrogen and oxygen atoms in total. The Balaban J connectivity index is 2.13. The van der Waals surface area contributed by atoms with Gasteiger partial charge in [-0.05, 0) is 19.1 Å². The highest BCUT2D eigenvalue weighted by Crippen LogP contribution is 2.25. The van der Waals surface area contributed by atoms with E-state index in [0.29, 0.717) is 11.3 Å². The van der Waals surface area contributed by atoms with E-state index in [-0.39, 0.29) is 18.8 Å². The van der Waals surface area contributed by atoms with Gasteiger partial charge in [0.15, 0.2) is 5.78 Å². The van der Waals surface area contributed by atoms with Crippen molar-refractivity contribution in [2.45, 2.75) is 13.3 Å². The van der Waals surface area contributed by atoms with Crippen molar-refractivity contribution in [3.8, 4) is 5.75 Å². The van der Waals surface area contributed by atoms with Crippen LogP contribution in [0.25, 0.3) is 11.0 Å². The van der Waals surface area contributed by atoms with Gasteiger partial charge in [-0.15, -0.1) is 0 Å². The monoisotopic (exact) mass is 262 g/mol. The number of Topliss-reactive ketones (excluding diaryl/α,β-unsaturated/α-hetero) is 1. The molecule has 100 valence electrons. The molecule has 0 N–H and O–H groups in total. The predicted molar refractivity (Wildman–Crippen MR) is 68.1 cm³/mol. The van der Waals surface area contributed by atoms with E-state index in [1.165, 1.54) is 13.2 Å². The van der Waals surface area contributed by atoms with Gasteiger partial charge in [0.1, 0.15) is 17.9 Å². The molecule has 2 rings (SSSR count). The molecule has 1 aromatic heterocycles. The Kier molecular flexibility index (Phi) is 3.85. The molecular formula is C14H14O5. The van der Waals surface area contributed by atoms with E-state index in [4.69, 9.17) is 13.9 Å². The summed E-state index contributed by atoms with van der Waals surface area (Å²) in [6, 6.07) is 5.37. The van der Waals surface area contributed by atoms with Crippen LogP contribution in [-0.4, -0.2) is 25.5 Å². The molecule has 2 aromatic rings. The van der Waals surface area contributed by atoms with Crippen LogP contribution in [0.4, 0.5) is 0 Å². The van der Waals surface area contributed by atoms with Crippen LogP contribution in [0.15, 0.2) is 28.9 Å². The number of carbonyl (C=O) groups excluding carboxylic acids is 2. The third-order valence-corrected chi connectivity index (χ3v) is 2.63. The predicted octanol–water partition coefficient (Wildman–Crippen LogP) is 2.12. The van der Waals surface area contributed by atoms with Crippen molar-refractivity contribution in [3.05, 3.63) is 30.0 Å². The van der Waals surface area contributed by atoms with Gasteiger partial charge >= 0.3 is 5.97 Å². The molecule has 0 aliphatic heterocycles. The number of hydrogen-bond donors (Lipinski definition) is 0. The standard InChI is InChI=1S/C14H14O5/c1-9(15)7-19-14(16)5-10-8-18-13-6-11(17-2)3-4-12(10)13/h3-4,6,8H,5,7H2,1-2H3. The van der Waals surface area contributed by atoms with E-state index in [2.05, 4.69) is 0 Å². The van der Waals surface area contributed by atoms with Crippen LogP contribution in [0, 0.1) is 0 Å². The fourth-order valence-corrected chi connectivity index (χ4v) is 1.72. The van der Waals surface area contributed by atoms with Crippen molar-refractivity contribution in [3.63, 3.8) is 0 Å². The molecule has 0 saturated carbocycles. The summed E-state index contributed by atoms with van der Waals surface area (Å²) in [6.07, 6.45) is 1.59. The summed E-state index contributed by atoms with van der Waals surface area (Å²) < 4.78 is 15.3. The zero-order valence-electron chi connectivity index (χ0n) is 10.8. The third-order valence-electron chi connectivity index (χ3n) is 2.63. The van der Waals surface area contributed by atoms with Crippen LogP contribution in [0.2, 0.25) is 0 Å². The van der Waals surface area contributed by atoms with E-state index in [1.807, 2.05) is 6.07 Å². The van der Waals surface area contributed by atoms with Crippen LogP contribution in [0.5, 0.6) is 5.75 Å². The van der Waals surface area contributed by atoms with Gasteiger partial charge in [-0.1, -0.05) is 0 Å². The lowest BCUT2D eigenvalue weighted by Crippen LogP contribution is -2.13. The molecule has 0 radical (unpaired) electrons. The molecule has 0 unspecified atom stereocenters. The first-order valence-corrected chi connectivity index (χ1v) is 5.79. The smallest absolute Gasteiger partial charge is 0.310 e. The molecule has 19 heavy (non-hydrogen) atoms. The summed E-state index contributed by atoms with van der Waals surface area (Å²) >= 11 is 0. The number of ether oxygens (including phenoxy) is 2. The van der Waals surface area contributed by atoms with Crippen molar-refractivity contribution in [2.75, 3.05) is 13.7 Å². The molecule has 1 aromatic carbocycles. The van der Waals surface area contributed by atoms with Gasteiger partial charge < -0.3 is 13.9 Å². The minimum Gasteiger partial charge on any atom is -0.497 e. The molecule has 0 atom stereocenters. The highest BCUT2D eigenvalue weighted by Gasteiger charge is 2.12. The number of methoxy groups -OCH3 is 1. The first-order chi connectivity index (χ1) is 9.10. The Morgan fingerprint density at radius 3 is 2.79 bits per heavy atom. The highest BCUT2D eigenvalue weighted by atomic mass is 16.5. The maximum absolute atomic E-state index is 11.5. The summed E-state index contributed by atoms with van der Waals surface area (Å²) in [7, 11) is 1.57. The van der Waals surface area contributed by atoms with Gasteiger partial charge in [-0.2, -0.15) is 0 Å². The van der Waals surface area contributed by atoms with Crippen LogP contribution in [0.3, 0.4) is 0 Å². The van der Waals surface area contributed by atoms with Crippen molar-refractivity contribution in [2.24, 2.45) is 0 Å². The Hall–Kier alpha value is -2.30. The molecule has 0 bridgehead atoms. The Morgan fingerprint density at radius 1 is 1.32 bits per heavy atom. The Bertz CT molecular complexity index is 611. The molecule has 5 heteroatoms. The number of furan rings is 1. The zero-order valence-corrected chi connectivity index (χ0v) is 10.8. The summed E-state index contributed by atoms with van der Waals surface area (Å²) in [5.41, 5.74) is 1.37. The fraction of sp³-hybridized carbons (Fsp3) is 0.286. The Labute approximate surface area is 110 Å². The lowest BCUT2D eigenvalue weighted by molar-refractivity contribution is -0.146. The minimum atomic E-state index is -0.450. The largest absolute Gasteiger partial charge is 0.497 e. The van der Waals surface area contributed by atoms with E-state index in [1.54, 1.807) is 19.2 Å². The second-order valence-electron chi connectivity index (χ2n) is 4.16. The molecule has 0 saturated heterocycles. The second kappa shape index (κ2) is 5.56. The van der Waals surface area contributed by atoms with Gasteiger partial charge in [0, 0.05) is 17.0 Å². The second-order valence-corrected chi connectivity index (χ2v) is 4.16. The van der Waals surface area contributed by atoms with Gasteiger partial charge in [-0.25, -0.2) is 0 Å². The van der Waals surface area contributed by atoms with Crippen LogP contribution in [0.1, 0.15) is 12.5 Å². The number of benzene rings is 1. The number of hydrogen-bond acceptors (Lipinski definition) is 5. The summed E-state index contributed by atoms with van der Waals surface area (Å²) in [6.45, 7) is 1.18. The van der Waals surface area contributed by atoms with Crippen LogP contribution < -0.4 is 4.74 Å². The molecule has 0 spiro atoms. The van der Waals surface area contributed by atoms with E-state index >= 15 is 0 Å². The minimum absolute atomic E-state index is 0.0760. The quantitative estimate of drug-likeness (QED) is 0.772. The van der Waals surface area contributed by atoms with Gasteiger partial charge in [-0.3, -0.25) is 9.59 Å². The van der Waals surface area contributed by atoms with Crippen LogP contribution in [-0.2, 0) is 20.7 Å². The van der Waals surface area contributed by atoms with E-state index in [9.17, 15) is 9.59 Å². The summed E-state index contributed by atoms with van der Waals surface area (Å²) in [5, 5.41) is 0.834. The van der Waals surface area contributed by atoms with E-state index in [0.717, 1.165) is 10.9 Å². The SMILES string of the molecule is COc1ccc2c(CC(=O)OCC(C)=O)coc2c1. The number of rotatable bonds is 5.